The van der Waals surface area contributed by atoms with Gasteiger partial charge in [0.15, 0.2) is 0 Å². The number of aromatic nitrogens is 2. The van der Waals surface area contributed by atoms with Crippen molar-refractivity contribution < 1.29 is 19.1 Å². The molecule has 2 aromatic carbocycles. The van der Waals surface area contributed by atoms with Crippen LogP contribution < -0.4 is 25.4 Å². The van der Waals surface area contributed by atoms with Crippen molar-refractivity contribution in [1.82, 2.24) is 20.6 Å². The Morgan fingerprint density at radius 3 is 2.63 bits per heavy atom. The van der Waals surface area contributed by atoms with Crippen LogP contribution in [0.5, 0.6) is 17.2 Å². The van der Waals surface area contributed by atoms with Crippen molar-refractivity contribution in [1.29, 1.82) is 0 Å². The van der Waals surface area contributed by atoms with E-state index in [1.165, 1.54) is 7.11 Å². The summed E-state index contributed by atoms with van der Waals surface area (Å²) in [4.78, 5) is 33.8. The number of anilines is 1. The molecule has 2 aromatic heterocycles. The smallest absolute Gasteiger partial charge is 0.319 e. The predicted octanol–water partition coefficient (Wildman–Crippen LogP) is 5.34. The molecular weight excluding hydrogens is 506 g/mol. The van der Waals surface area contributed by atoms with Crippen molar-refractivity contribution >= 4 is 40.1 Å². The zero-order valence-corrected chi connectivity index (χ0v) is 21.4. The number of fused-ring (bicyclic) bond motifs is 1. The van der Waals surface area contributed by atoms with Crippen LogP contribution in [-0.4, -0.2) is 41.6 Å². The van der Waals surface area contributed by atoms with E-state index in [4.69, 9.17) is 21.1 Å². The number of urea groups is 1. The number of pyridine rings is 2. The minimum absolute atomic E-state index is 0.239. The quantitative estimate of drug-likeness (QED) is 0.268. The van der Waals surface area contributed by atoms with E-state index in [2.05, 4.69) is 25.9 Å². The number of carbonyl (C=O) groups is 2. The second-order valence-corrected chi connectivity index (χ2v) is 9.23. The Morgan fingerprint density at radius 2 is 1.89 bits per heavy atom. The van der Waals surface area contributed by atoms with Gasteiger partial charge < -0.3 is 25.4 Å². The average molecular weight is 532 g/mol. The maximum atomic E-state index is 13.0. The lowest BCUT2D eigenvalue weighted by molar-refractivity contribution is 0.0951. The number of hydrogen-bond donors (Lipinski definition) is 3. The number of benzene rings is 2. The lowest BCUT2D eigenvalue weighted by Crippen LogP contribution is -2.30. The molecule has 1 fully saturated rings. The van der Waals surface area contributed by atoms with E-state index in [1.54, 1.807) is 48.8 Å². The summed E-state index contributed by atoms with van der Waals surface area (Å²) in [6.07, 6.45) is 5.93. The Hall–Kier alpha value is -4.37. The first kappa shape index (κ1) is 25.3. The van der Waals surface area contributed by atoms with Gasteiger partial charge in [0.25, 0.3) is 5.91 Å². The molecule has 0 unspecified atom stereocenters. The summed E-state index contributed by atoms with van der Waals surface area (Å²) in [5.74, 6) is 1.08. The molecule has 2 heterocycles. The molecule has 0 aliphatic heterocycles. The Morgan fingerprint density at radius 1 is 1.03 bits per heavy atom. The molecule has 1 saturated carbocycles. The predicted molar refractivity (Wildman–Crippen MR) is 145 cm³/mol. The molecule has 0 saturated heterocycles. The largest absolute Gasteiger partial charge is 0.496 e. The van der Waals surface area contributed by atoms with Crippen LogP contribution in [0.3, 0.4) is 0 Å². The topological polar surface area (TPSA) is 114 Å². The molecule has 38 heavy (non-hydrogen) atoms. The third-order valence-electron chi connectivity index (χ3n) is 5.99. The van der Waals surface area contributed by atoms with Gasteiger partial charge in [0.2, 0.25) is 0 Å². The monoisotopic (exact) mass is 531 g/mol. The molecule has 9 nitrogen and oxygen atoms in total. The summed E-state index contributed by atoms with van der Waals surface area (Å²) in [5, 5.41) is 9.50. The number of carbonyl (C=O) groups excluding carboxylic acids is 2. The van der Waals surface area contributed by atoms with Crippen LogP contribution in [-0.2, 0) is 6.42 Å². The fourth-order valence-electron chi connectivity index (χ4n) is 3.89. The van der Waals surface area contributed by atoms with Gasteiger partial charge in [-0.3, -0.25) is 14.8 Å². The van der Waals surface area contributed by atoms with Gasteiger partial charge in [0.1, 0.15) is 17.2 Å². The lowest BCUT2D eigenvalue weighted by Gasteiger charge is -2.14. The number of ether oxygens (including phenoxy) is 2. The number of methoxy groups -OCH3 is 1. The Kier molecular flexibility index (Phi) is 7.55. The molecule has 10 heteroatoms. The first-order valence-corrected chi connectivity index (χ1v) is 12.6. The molecular formula is C28H26ClN5O4. The zero-order valence-electron chi connectivity index (χ0n) is 20.7. The summed E-state index contributed by atoms with van der Waals surface area (Å²) in [6.45, 7) is 0.422. The van der Waals surface area contributed by atoms with E-state index in [-0.39, 0.29) is 18.0 Å². The second kappa shape index (κ2) is 11.4. The van der Waals surface area contributed by atoms with Crippen LogP contribution in [0.2, 0.25) is 5.02 Å². The number of nitrogens with one attached hydrogen (secondary N) is 3. The molecule has 0 radical (unpaired) electrons. The first-order valence-electron chi connectivity index (χ1n) is 12.2. The van der Waals surface area contributed by atoms with Crippen LogP contribution >= 0.6 is 11.6 Å². The van der Waals surface area contributed by atoms with Crippen molar-refractivity contribution in [2.24, 2.45) is 0 Å². The molecule has 194 valence electrons. The minimum atomic E-state index is -0.289. The summed E-state index contributed by atoms with van der Waals surface area (Å²) >= 11 is 6.40. The Balaban J connectivity index is 1.34. The SMILES string of the molecule is COc1cc2nccc(Oc3ccc(NC(=O)NC4CC4)c(Cl)c3)c2cc1C(=O)NCCc1ccccn1. The number of hydrogen-bond acceptors (Lipinski definition) is 6. The first-order chi connectivity index (χ1) is 18.5. The van der Waals surface area contributed by atoms with Gasteiger partial charge in [0, 0.05) is 54.6 Å². The standard InChI is InChI=1S/C28H26ClN5O4/c1-37-26-16-24-20(15-21(26)27(35)32-12-9-17-4-2-3-11-30-17)25(10-13-31-24)38-19-7-8-23(22(29)14-19)34-28(36)33-18-5-6-18/h2-4,7-8,10-11,13-16,18H,5-6,9,12H2,1H3,(H,32,35)(H2,33,34,36). The van der Waals surface area contributed by atoms with Crippen LogP contribution in [0, 0.1) is 0 Å². The van der Waals surface area contributed by atoms with E-state index < -0.39 is 0 Å². The number of rotatable bonds is 9. The van der Waals surface area contributed by atoms with Crippen LogP contribution in [0.1, 0.15) is 28.9 Å². The molecule has 1 aliphatic carbocycles. The van der Waals surface area contributed by atoms with E-state index in [9.17, 15) is 9.59 Å². The highest BCUT2D eigenvalue weighted by molar-refractivity contribution is 6.33. The minimum Gasteiger partial charge on any atom is -0.496 e. The highest BCUT2D eigenvalue weighted by atomic mass is 35.5. The highest BCUT2D eigenvalue weighted by Crippen LogP contribution is 2.35. The lowest BCUT2D eigenvalue weighted by atomic mass is 10.1. The molecule has 1 aliphatic rings. The normalized spacial score (nSPS) is 12.6. The molecule has 3 amide bonds. The van der Waals surface area contributed by atoms with Crippen molar-refractivity contribution in [2.45, 2.75) is 25.3 Å². The molecule has 4 aromatic rings. The van der Waals surface area contributed by atoms with Crippen molar-refractivity contribution in [3.8, 4) is 17.2 Å². The van der Waals surface area contributed by atoms with Crippen LogP contribution in [0.15, 0.2) is 67.0 Å². The maximum Gasteiger partial charge on any atom is 0.319 e. The molecule has 5 rings (SSSR count). The molecule has 3 N–H and O–H groups in total. The molecule has 0 spiro atoms. The number of amides is 3. The third-order valence-corrected chi connectivity index (χ3v) is 6.30. The number of halogens is 1. The van der Waals surface area contributed by atoms with Gasteiger partial charge in [-0.25, -0.2) is 4.79 Å². The van der Waals surface area contributed by atoms with Crippen molar-refractivity contribution in [3.63, 3.8) is 0 Å². The van der Waals surface area contributed by atoms with Gasteiger partial charge in [-0.2, -0.15) is 0 Å². The fourth-order valence-corrected chi connectivity index (χ4v) is 4.11. The molecule has 0 bridgehead atoms. The van der Waals surface area contributed by atoms with E-state index in [1.807, 2.05) is 18.2 Å². The third kappa shape index (κ3) is 6.12. The summed E-state index contributed by atoms with van der Waals surface area (Å²) in [7, 11) is 1.51. The van der Waals surface area contributed by atoms with Crippen LogP contribution in [0.25, 0.3) is 10.9 Å². The fraction of sp³-hybridized carbons (Fsp3) is 0.214. The second-order valence-electron chi connectivity index (χ2n) is 8.82. The van der Waals surface area contributed by atoms with E-state index in [0.717, 1.165) is 18.5 Å². The Labute approximate surface area is 224 Å². The zero-order chi connectivity index (χ0) is 26.5. The average Bonchev–Trinajstić information content (AvgIpc) is 3.74. The van der Waals surface area contributed by atoms with Crippen LogP contribution in [0.4, 0.5) is 10.5 Å². The maximum absolute atomic E-state index is 13.0. The van der Waals surface area contributed by atoms with Crippen molar-refractivity contribution in [3.05, 3.63) is 83.3 Å². The van der Waals surface area contributed by atoms with Gasteiger partial charge in [-0.05, 0) is 49.2 Å². The summed E-state index contributed by atoms with van der Waals surface area (Å²) in [6, 6.07) is 15.7. The summed E-state index contributed by atoms with van der Waals surface area (Å²) < 4.78 is 11.6. The van der Waals surface area contributed by atoms with E-state index in [0.29, 0.717) is 57.4 Å². The molecule has 0 atom stereocenters. The van der Waals surface area contributed by atoms with Crippen molar-refractivity contribution in [2.75, 3.05) is 19.0 Å². The Bertz CT molecular complexity index is 1480. The van der Waals surface area contributed by atoms with Gasteiger partial charge >= 0.3 is 6.03 Å². The van der Waals surface area contributed by atoms with E-state index >= 15 is 0 Å². The highest BCUT2D eigenvalue weighted by Gasteiger charge is 2.23. The number of nitrogens with zero attached hydrogens (tertiary/aromatic N) is 2. The summed E-state index contributed by atoms with van der Waals surface area (Å²) in [5.41, 5.74) is 2.33. The van der Waals surface area contributed by atoms with Gasteiger partial charge in [0.05, 0.1) is 28.9 Å². The van der Waals surface area contributed by atoms with Gasteiger partial charge in [-0.1, -0.05) is 17.7 Å². The van der Waals surface area contributed by atoms with Gasteiger partial charge in [-0.15, -0.1) is 0 Å².